The quantitative estimate of drug-likeness (QED) is 0.0509. The molecule has 0 amide bonds. The number of aliphatic hydroxyl groups excluding tert-OH is 1. The summed E-state index contributed by atoms with van der Waals surface area (Å²) in [4.78, 5) is 24.3. The molecule has 0 heterocycles. The minimum atomic E-state index is -0.761. The van der Waals surface area contributed by atoms with Crippen molar-refractivity contribution < 1.29 is 24.2 Å². The Hall–Kier alpha value is -1.10. The first kappa shape index (κ1) is 47.9. The van der Waals surface area contributed by atoms with Gasteiger partial charge in [0.05, 0.1) is 6.61 Å². The maximum atomic E-state index is 12.2. The highest BCUT2D eigenvalue weighted by molar-refractivity contribution is 5.70. The lowest BCUT2D eigenvalue weighted by Gasteiger charge is -2.15. The maximum Gasteiger partial charge on any atom is 0.306 e. The lowest BCUT2D eigenvalue weighted by atomic mass is 10.0. The normalized spacial score (nSPS) is 12.0. The molecule has 1 atom stereocenters. The van der Waals surface area contributed by atoms with Gasteiger partial charge in [0.1, 0.15) is 6.61 Å². The van der Waals surface area contributed by atoms with E-state index in [-0.39, 0.29) is 25.2 Å². The van der Waals surface area contributed by atoms with Crippen LogP contribution in [-0.4, -0.2) is 36.4 Å². The van der Waals surface area contributed by atoms with E-state index >= 15 is 0 Å². The minimum absolute atomic E-state index is 0.0567. The van der Waals surface area contributed by atoms with Gasteiger partial charge in [0, 0.05) is 12.8 Å². The number of unbranched alkanes of at least 4 members (excludes halogenated alkanes) is 33. The van der Waals surface area contributed by atoms with Crippen LogP contribution in [0, 0.1) is 0 Å². The molecule has 0 saturated heterocycles. The smallest absolute Gasteiger partial charge is 0.306 e. The largest absolute Gasteiger partial charge is 0.462 e. The SMILES string of the molecule is CCCCCCCCCCCCCCCCCCCCCCCCC(=O)OC(CO)COC(=O)CCCCCCCCCCCCCCC. The summed E-state index contributed by atoms with van der Waals surface area (Å²) in [6, 6.07) is 0. The van der Waals surface area contributed by atoms with Gasteiger partial charge in [-0.05, 0) is 12.8 Å². The Morgan fingerprint density at radius 2 is 0.633 bits per heavy atom. The molecule has 0 rings (SSSR count). The molecule has 0 aliphatic heterocycles. The van der Waals surface area contributed by atoms with Gasteiger partial charge in [0.25, 0.3) is 0 Å². The average Bonchev–Trinajstić information content (AvgIpc) is 3.10. The molecule has 5 heteroatoms. The van der Waals surface area contributed by atoms with Crippen molar-refractivity contribution in [2.45, 2.75) is 258 Å². The summed E-state index contributed by atoms with van der Waals surface area (Å²) in [5.41, 5.74) is 0. The summed E-state index contributed by atoms with van der Waals surface area (Å²) in [7, 11) is 0. The Labute approximate surface area is 306 Å². The molecule has 0 fully saturated rings. The van der Waals surface area contributed by atoms with Gasteiger partial charge in [-0.25, -0.2) is 0 Å². The van der Waals surface area contributed by atoms with Crippen LogP contribution >= 0.6 is 0 Å². The topological polar surface area (TPSA) is 72.8 Å². The first-order chi connectivity index (χ1) is 24.1. The molecule has 0 aromatic carbocycles. The molecular formula is C44H86O5. The highest BCUT2D eigenvalue weighted by Gasteiger charge is 2.16. The van der Waals surface area contributed by atoms with Crippen molar-refractivity contribution in [2.24, 2.45) is 0 Å². The molecule has 292 valence electrons. The van der Waals surface area contributed by atoms with E-state index in [2.05, 4.69) is 13.8 Å². The van der Waals surface area contributed by atoms with Gasteiger partial charge in [-0.3, -0.25) is 9.59 Å². The number of carbonyl (C=O) groups is 2. The van der Waals surface area contributed by atoms with Crippen molar-refractivity contribution in [1.82, 2.24) is 0 Å². The summed E-state index contributed by atoms with van der Waals surface area (Å²) in [6.07, 6.45) is 46.1. The van der Waals surface area contributed by atoms with Crippen molar-refractivity contribution in [3.05, 3.63) is 0 Å². The zero-order valence-corrected chi connectivity index (χ0v) is 33.2. The summed E-state index contributed by atoms with van der Waals surface area (Å²) in [5.74, 6) is -0.572. The van der Waals surface area contributed by atoms with Crippen LogP contribution in [0.4, 0.5) is 0 Å². The van der Waals surface area contributed by atoms with E-state index in [0.717, 1.165) is 32.1 Å². The van der Waals surface area contributed by atoms with Crippen molar-refractivity contribution >= 4 is 11.9 Å². The standard InChI is InChI=1S/C44H86O5/c1-3-5-7-9-11-13-15-17-18-19-20-21-22-23-24-25-27-29-31-33-35-37-39-44(47)49-42(40-45)41-48-43(46)38-36-34-32-30-28-26-16-14-12-10-8-6-4-2/h42,45H,3-41H2,1-2H3. The first-order valence-corrected chi connectivity index (χ1v) is 22.1. The third-order valence-corrected chi connectivity index (χ3v) is 10.2. The summed E-state index contributed by atoms with van der Waals surface area (Å²) in [6.45, 7) is 4.17. The average molecular weight is 695 g/mol. The number of hydrogen-bond donors (Lipinski definition) is 1. The molecule has 0 aliphatic rings. The van der Waals surface area contributed by atoms with E-state index < -0.39 is 6.10 Å². The fourth-order valence-electron chi connectivity index (χ4n) is 6.79. The second-order valence-electron chi connectivity index (χ2n) is 15.1. The van der Waals surface area contributed by atoms with Crippen LogP contribution in [0.1, 0.15) is 251 Å². The Kier molecular flexibility index (Phi) is 40.4. The molecule has 0 aliphatic carbocycles. The van der Waals surface area contributed by atoms with Crippen LogP contribution in [0.15, 0.2) is 0 Å². The van der Waals surface area contributed by atoms with E-state index in [0.29, 0.717) is 12.8 Å². The van der Waals surface area contributed by atoms with Crippen LogP contribution < -0.4 is 0 Å². The molecule has 5 nitrogen and oxygen atoms in total. The maximum absolute atomic E-state index is 12.2. The van der Waals surface area contributed by atoms with Gasteiger partial charge in [0.2, 0.25) is 0 Å². The Morgan fingerprint density at radius 1 is 0.388 bits per heavy atom. The number of esters is 2. The molecule has 0 aromatic heterocycles. The van der Waals surface area contributed by atoms with Crippen LogP contribution in [0.3, 0.4) is 0 Å². The Balaban J connectivity index is 3.44. The third kappa shape index (κ3) is 39.5. The van der Waals surface area contributed by atoms with Crippen molar-refractivity contribution in [3.8, 4) is 0 Å². The first-order valence-electron chi connectivity index (χ1n) is 22.1. The second kappa shape index (κ2) is 41.3. The zero-order valence-electron chi connectivity index (χ0n) is 33.2. The molecule has 0 radical (unpaired) electrons. The number of carbonyl (C=O) groups excluding carboxylic acids is 2. The van der Waals surface area contributed by atoms with Crippen molar-refractivity contribution in [3.63, 3.8) is 0 Å². The summed E-state index contributed by atoms with van der Waals surface area (Å²) in [5, 5.41) is 9.57. The van der Waals surface area contributed by atoms with E-state index in [1.54, 1.807) is 0 Å². The predicted molar refractivity (Wildman–Crippen MR) is 210 cm³/mol. The summed E-state index contributed by atoms with van der Waals surface area (Å²) < 4.78 is 10.6. The van der Waals surface area contributed by atoms with E-state index in [9.17, 15) is 14.7 Å². The Bertz CT molecular complexity index is 666. The minimum Gasteiger partial charge on any atom is -0.462 e. The molecule has 0 aromatic rings. The molecular weight excluding hydrogens is 608 g/mol. The van der Waals surface area contributed by atoms with Gasteiger partial charge in [-0.1, -0.05) is 226 Å². The molecule has 0 spiro atoms. The second-order valence-corrected chi connectivity index (χ2v) is 15.1. The fraction of sp³-hybridized carbons (Fsp3) is 0.955. The predicted octanol–water partition coefficient (Wildman–Crippen LogP) is 13.9. The molecule has 49 heavy (non-hydrogen) atoms. The van der Waals surface area contributed by atoms with Gasteiger partial charge >= 0.3 is 11.9 Å². The molecule has 0 saturated carbocycles. The zero-order chi connectivity index (χ0) is 35.7. The molecule has 0 bridgehead atoms. The van der Waals surface area contributed by atoms with Crippen LogP contribution in [0.25, 0.3) is 0 Å². The van der Waals surface area contributed by atoms with Gasteiger partial charge < -0.3 is 14.6 Å². The van der Waals surface area contributed by atoms with E-state index in [4.69, 9.17) is 9.47 Å². The van der Waals surface area contributed by atoms with Crippen LogP contribution in [0.5, 0.6) is 0 Å². The lowest BCUT2D eigenvalue weighted by Crippen LogP contribution is -2.28. The fourth-order valence-corrected chi connectivity index (χ4v) is 6.79. The number of aliphatic hydroxyl groups is 1. The van der Waals surface area contributed by atoms with Gasteiger partial charge in [-0.15, -0.1) is 0 Å². The van der Waals surface area contributed by atoms with E-state index in [1.165, 1.54) is 193 Å². The van der Waals surface area contributed by atoms with Gasteiger partial charge in [0.15, 0.2) is 6.10 Å². The highest BCUT2D eigenvalue weighted by atomic mass is 16.6. The third-order valence-electron chi connectivity index (χ3n) is 10.2. The summed E-state index contributed by atoms with van der Waals surface area (Å²) >= 11 is 0. The number of ether oxygens (including phenoxy) is 2. The lowest BCUT2D eigenvalue weighted by molar-refractivity contribution is -0.161. The van der Waals surface area contributed by atoms with Gasteiger partial charge in [-0.2, -0.15) is 0 Å². The van der Waals surface area contributed by atoms with Crippen molar-refractivity contribution in [1.29, 1.82) is 0 Å². The van der Waals surface area contributed by atoms with E-state index in [1.807, 2.05) is 0 Å². The Morgan fingerprint density at radius 3 is 0.898 bits per heavy atom. The van der Waals surface area contributed by atoms with Crippen LogP contribution in [0.2, 0.25) is 0 Å². The van der Waals surface area contributed by atoms with Crippen molar-refractivity contribution in [2.75, 3.05) is 13.2 Å². The monoisotopic (exact) mass is 695 g/mol. The number of hydrogen-bond acceptors (Lipinski definition) is 5. The van der Waals surface area contributed by atoms with Crippen LogP contribution in [-0.2, 0) is 19.1 Å². The molecule has 1 unspecified atom stereocenters. The molecule has 1 N–H and O–H groups in total. The number of rotatable bonds is 41. The highest BCUT2D eigenvalue weighted by Crippen LogP contribution is 2.16.